The Morgan fingerprint density at radius 3 is 2.15 bits per heavy atom. The second kappa shape index (κ2) is 17.1. The highest BCUT2D eigenvalue weighted by atomic mass is 32.1. The van der Waals surface area contributed by atoms with Gasteiger partial charge in [-0.2, -0.15) is 12.6 Å². The number of aliphatic carboxylic acids is 1. The highest BCUT2D eigenvalue weighted by Crippen LogP contribution is 2.19. The number of aliphatic imine (C=N–C) groups is 1. The minimum absolute atomic E-state index is 0.0130. The topological polar surface area (TPSA) is 257 Å². The van der Waals surface area contributed by atoms with Crippen molar-refractivity contribution in [3.8, 4) is 0 Å². The number of guanidine groups is 1. The van der Waals surface area contributed by atoms with Crippen LogP contribution in [0.25, 0.3) is 10.9 Å². The minimum atomic E-state index is -1.27. The number of aromatic amines is 1. The summed E-state index contributed by atoms with van der Waals surface area (Å²) in [4.78, 5) is 58.1. The fraction of sp³-hybridized carbons (Fsp3) is 0.500. The van der Waals surface area contributed by atoms with Crippen LogP contribution in [0.2, 0.25) is 0 Å². The highest BCUT2D eigenvalue weighted by molar-refractivity contribution is 7.80. The number of nitrogens with zero attached hydrogens (tertiary/aromatic N) is 1. The van der Waals surface area contributed by atoms with Gasteiger partial charge in [0.2, 0.25) is 17.7 Å². The Kier molecular flexibility index (Phi) is 13.9. The Labute approximate surface area is 243 Å². The van der Waals surface area contributed by atoms with E-state index in [4.69, 9.17) is 22.9 Å². The molecule has 3 amide bonds. The Morgan fingerprint density at radius 2 is 1.54 bits per heavy atom. The zero-order valence-electron chi connectivity index (χ0n) is 22.8. The molecular weight excluding hydrogens is 550 g/mol. The number of benzene rings is 1. The number of carbonyl (C=O) groups excluding carboxylic acids is 3. The van der Waals surface area contributed by atoms with Gasteiger partial charge in [-0.25, -0.2) is 4.79 Å². The number of carboxylic acids is 1. The number of hydrogen-bond donors (Lipinski definition) is 10. The molecule has 0 aliphatic heterocycles. The molecule has 1 heterocycles. The molecule has 0 saturated heterocycles. The molecule has 0 radical (unpaired) electrons. The van der Waals surface area contributed by atoms with Crippen LogP contribution < -0.4 is 38.9 Å². The van der Waals surface area contributed by atoms with E-state index in [0.717, 1.165) is 10.9 Å². The molecule has 0 aliphatic carbocycles. The van der Waals surface area contributed by atoms with Gasteiger partial charge in [0.05, 0.1) is 6.04 Å². The van der Waals surface area contributed by atoms with Gasteiger partial charge in [0.1, 0.15) is 18.1 Å². The van der Waals surface area contributed by atoms with Crippen molar-refractivity contribution in [3.63, 3.8) is 0 Å². The number of amides is 3. The van der Waals surface area contributed by atoms with Crippen LogP contribution in [0.1, 0.15) is 37.7 Å². The van der Waals surface area contributed by atoms with Crippen LogP contribution in [-0.2, 0) is 25.6 Å². The Morgan fingerprint density at radius 1 is 0.927 bits per heavy atom. The first kappa shape index (κ1) is 33.4. The first-order valence-electron chi connectivity index (χ1n) is 13.4. The van der Waals surface area contributed by atoms with Gasteiger partial charge in [-0.05, 0) is 50.3 Å². The first-order valence-corrected chi connectivity index (χ1v) is 14.0. The van der Waals surface area contributed by atoms with Gasteiger partial charge >= 0.3 is 5.97 Å². The maximum Gasteiger partial charge on any atom is 0.326 e. The van der Waals surface area contributed by atoms with Crippen LogP contribution >= 0.6 is 12.6 Å². The van der Waals surface area contributed by atoms with Crippen molar-refractivity contribution in [1.29, 1.82) is 0 Å². The number of unbranched alkanes of at least 4 members (excludes halogenated alkanes) is 1. The maximum absolute atomic E-state index is 13.4. The molecule has 0 spiro atoms. The average Bonchev–Trinajstić information content (AvgIpc) is 3.35. The number of carboxylic acid groups (broad SMARTS) is 1. The molecule has 4 unspecified atom stereocenters. The van der Waals surface area contributed by atoms with Crippen molar-refractivity contribution in [2.75, 3.05) is 18.8 Å². The van der Waals surface area contributed by atoms with E-state index in [0.29, 0.717) is 31.4 Å². The number of para-hydroxylation sites is 1. The zero-order chi connectivity index (χ0) is 30.4. The molecule has 1 aromatic heterocycles. The largest absolute Gasteiger partial charge is 0.480 e. The molecule has 4 atom stereocenters. The standard InChI is InChI=1S/C26H41N9O5S/c27-10-4-3-8-19(33-22(36)17(28)14-41)23(37)34-20(9-5-11-31-26(29)30)24(38)35-21(25(39)40)12-15-13-32-18-7-2-1-6-16(15)18/h1-2,6-7,13,17,19-21,32,41H,3-5,8-12,14,27-28H2,(H,33,36)(H,34,37)(H,35,38)(H,39,40)(H4,29,30,31). The molecule has 0 bridgehead atoms. The predicted molar refractivity (Wildman–Crippen MR) is 160 cm³/mol. The number of thiol groups is 1. The van der Waals surface area contributed by atoms with Crippen molar-refractivity contribution in [1.82, 2.24) is 20.9 Å². The molecule has 41 heavy (non-hydrogen) atoms. The molecule has 226 valence electrons. The maximum atomic E-state index is 13.4. The van der Waals surface area contributed by atoms with Crippen molar-refractivity contribution in [3.05, 3.63) is 36.0 Å². The third kappa shape index (κ3) is 10.9. The molecule has 0 aliphatic rings. The number of nitrogens with one attached hydrogen (secondary N) is 4. The molecule has 15 heteroatoms. The fourth-order valence-corrected chi connectivity index (χ4v) is 4.33. The van der Waals surface area contributed by atoms with E-state index < -0.39 is 47.9 Å². The van der Waals surface area contributed by atoms with Crippen molar-refractivity contribution in [2.24, 2.45) is 27.9 Å². The number of hydrogen-bond acceptors (Lipinski definition) is 8. The van der Waals surface area contributed by atoms with Crippen molar-refractivity contribution < 1.29 is 24.3 Å². The molecule has 2 rings (SSSR count). The highest BCUT2D eigenvalue weighted by Gasteiger charge is 2.30. The van der Waals surface area contributed by atoms with E-state index in [2.05, 4.69) is 38.6 Å². The summed E-state index contributed by atoms with van der Waals surface area (Å²) in [6, 6.07) is 3.08. The third-order valence-electron chi connectivity index (χ3n) is 6.41. The van der Waals surface area contributed by atoms with Gasteiger partial charge in [-0.1, -0.05) is 18.2 Å². The van der Waals surface area contributed by atoms with E-state index in [1.165, 1.54) is 0 Å². The monoisotopic (exact) mass is 591 g/mol. The van der Waals surface area contributed by atoms with Crippen LogP contribution in [0.3, 0.4) is 0 Å². The summed E-state index contributed by atoms with van der Waals surface area (Å²) in [6.45, 7) is 0.592. The lowest BCUT2D eigenvalue weighted by Gasteiger charge is -2.25. The number of fused-ring (bicyclic) bond motifs is 1. The second-order valence-electron chi connectivity index (χ2n) is 9.61. The summed E-state index contributed by atoms with van der Waals surface area (Å²) in [7, 11) is 0. The molecule has 2 aromatic rings. The van der Waals surface area contributed by atoms with Crippen LogP contribution in [-0.4, -0.2) is 82.8 Å². The minimum Gasteiger partial charge on any atom is -0.480 e. The van der Waals surface area contributed by atoms with E-state index >= 15 is 0 Å². The number of H-pyrrole nitrogens is 1. The van der Waals surface area contributed by atoms with Crippen LogP contribution in [0.15, 0.2) is 35.5 Å². The van der Waals surface area contributed by atoms with E-state index in [1.54, 1.807) is 6.20 Å². The lowest BCUT2D eigenvalue weighted by Crippen LogP contribution is -2.57. The normalized spacial score (nSPS) is 13.9. The number of aromatic nitrogens is 1. The SMILES string of the molecule is NCCCCC(NC(=O)C(N)CS)C(=O)NC(CCCN=C(N)N)C(=O)NC(Cc1c[nH]c2ccccc12)C(=O)O. The fourth-order valence-electron chi connectivity index (χ4n) is 4.16. The van der Waals surface area contributed by atoms with Gasteiger partial charge in [-0.3, -0.25) is 19.4 Å². The molecular formula is C26H41N9O5S. The van der Waals surface area contributed by atoms with Gasteiger partial charge in [-0.15, -0.1) is 0 Å². The Balaban J connectivity index is 2.21. The van der Waals surface area contributed by atoms with E-state index in [-0.39, 0.29) is 37.5 Å². The number of nitrogens with two attached hydrogens (primary N) is 4. The predicted octanol–water partition coefficient (Wildman–Crippen LogP) is -1.31. The zero-order valence-corrected chi connectivity index (χ0v) is 23.7. The Hall–Kier alpha value is -3.82. The molecule has 1 aromatic carbocycles. The van der Waals surface area contributed by atoms with Gasteiger partial charge in [0.15, 0.2) is 5.96 Å². The van der Waals surface area contributed by atoms with Gasteiger partial charge in [0, 0.05) is 35.8 Å². The van der Waals surface area contributed by atoms with Crippen molar-refractivity contribution in [2.45, 2.75) is 62.7 Å². The second-order valence-corrected chi connectivity index (χ2v) is 9.97. The van der Waals surface area contributed by atoms with E-state index in [9.17, 15) is 24.3 Å². The number of carbonyl (C=O) groups is 4. The summed E-state index contributed by atoms with van der Waals surface area (Å²) < 4.78 is 0. The van der Waals surface area contributed by atoms with Crippen LogP contribution in [0.4, 0.5) is 0 Å². The lowest BCUT2D eigenvalue weighted by atomic mass is 10.0. The average molecular weight is 592 g/mol. The molecule has 13 N–H and O–H groups in total. The summed E-state index contributed by atoms with van der Waals surface area (Å²) in [6.07, 6.45) is 3.55. The summed E-state index contributed by atoms with van der Waals surface area (Å²) in [5.74, 6) is -3.16. The summed E-state index contributed by atoms with van der Waals surface area (Å²) in [5, 5.41) is 18.5. The van der Waals surface area contributed by atoms with E-state index in [1.807, 2.05) is 24.3 Å². The molecule has 0 saturated carbocycles. The van der Waals surface area contributed by atoms with Crippen molar-refractivity contribution >= 4 is 53.2 Å². The summed E-state index contributed by atoms with van der Waals surface area (Å²) >= 11 is 4.02. The molecule has 0 fully saturated rings. The van der Waals surface area contributed by atoms with Crippen LogP contribution in [0, 0.1) is 0 Å². The Bertz CT molecular complexity index is 1200. The lowest BCUT2D eigenvalue weighted by molar-refractivity contribution is -0.142. The summed E-state index contributed by atoms with van der Waals surface area (Å²) in [5.41, 5.74) is 23.6. The molecule has 14 nitrogen and oxygen atoms in total. The first-order chi connectivity index (χ1) is 19.6. The quantitative estimate of drug-likeness (QED) is 0.0426. The smallest absolute Gasteiger partial charge is 0.326 e. The van der Waals surface area contributed by atoms with Crippen LogP contribution in [0.5, 0.6) is 0 Å². The third-order valence-corrected chi connectivity index (χ3v) is 6.80. The van der Waals surface area contributed by atoms with Gasteiger partial charge < -0.3 is 49.0 Å². The number of rotatable bonds is 18. The van der Waals surface area contributed by atoms with Gasteiger partial charge in [0.25, 0.3) is 0 Å².